The van der Waals surface area contributed by atoms with Crippen molar-refractivity contribution in [1.29, 1.82) is 0 Å². The molecule has 2 aromatic rings. The summed E-state index contributed by atoms with van der Waals surface area (Å²) in [6.45, 7) is 7.94. The molecule has 0 N–H and O–H groups in total. The molecule has 0 saturated carbocycles. The van der Waals surface area contributed by atoms with E-state index < -0.39 is 0 Å². The lowest BCUT2D eigenvalue weighted by molar-refractivity contribution is -0.124. The maximum atomic E-state index is 14.2. The number of benzene rings is 2. The van der Waals surface area contributed by atoms with E-state index in [1.54, 1.807) is 12.3 Å². The van der Waals surface area contributed by atoms with Gasteiger partial charge in [0.15, 0.2) is 0 Å². The van der Waals surface area contributed by atoms with E-state index in [-0.39, 0.29) is 23.6 Å². The minimum atomic E-state index is -0.174. The average molecular weight is 440 g/mol. The molecule has 172 valence electrons. The van der Waals surface area contributed by atoms with Gasteiger partial charge in [0.1, 0.15) is 12.4 Å². The monoisotopic (exact) mass is 439 g/mol. The zero-order valence-corrected chi connectivity index (χ0v) is 19.8. The summed E-state index contributed by atoms with van der Waals surface area (Å²) in [5.41, 5.74) is 4.65. The van der Waals surface area contributed by atoms with E-state index in [2.05, 4.69) is 5.16 Å². The number of likely N-dealkylation sites (N-methyl/N-ethyl adjacent to an activating group) is 1. The molecule has 1 saturated heterocycles. The number of hydrogen-bond donors (Lipinski definition) is 0. The molecule has 0 aromatic heterocycles. The third kappa shape index (κ3) is 5.94. The molecule has 32 heavy (non-hydrogen) atoms. The van der Waals surface area contributed by atoms with Gasteiger partial charge in [0.25, 0.3) is 0 Å². The average Bonchev–Trinajstić information content (AvgIpc) is 2.72. The van der Waals surface area contributed by atoms with Crippen LogP contribution in [-0.2, 0) is 16.1 Å². The van der Waals surface area contributed by atoms with Crippen LogP contribution >= 0.6 is 0 Å². The fourth-order valence-electron chi connectivity index (χ4n) is 4.48. The summed E-state index contributed by atoms with van der Waals surface area (Å²) in [5, 5.41) is 4.06. The molecule has 1 heterocycles. The Hall–Kier alpha value is -2.73. The van der Waals surface area contributed by atoms with Crippen molar-refractivity contribution in [3.05, 3.63) is 64.5 Å². The Bertz CT molecular complexity index is 950. The minimum absolute atomic E-state index is 0.0920. The maximum absolute atomic E-state index is 14.2. The van der Waals surface area contributed by atoms with E-state index in [1.165, 1.54) is 6.07 Å². The lowest BCUT2D eigenvalue weighted by Gasteiger charge is -2.38. The van der Waals surface area contributed by atoms with Crippen LogP contribution in [0.15, 0.2) is 41.6 Å². The van der Waals surface area contributed by atoms with Crippen molar-refractivity contribution < 1.29 is 14.0 Å². The molecule has 2 aromatic carbocycles. The number of rotatable bonds is 8. The van der Waals surface area contributed by atoms with Gasteiger partial charge in [-0.2, -0.15) is 0 Å². The molecule has 1 aliphatic heterocycles. The van der Waals surface area contributed by atoms with Crippen LogP contribution in [0.3, 0.4) is 0 Å². The van der Waals surface area contributed by atoms with Gasteiger partial charge in [-0.3, -0.25) is 4.79 Å². The molecule has 3 rings (SSSR count). The number of oxime groups is 1. The van der Waals surface area contributed by atoms with E-state index in [9.17, 15) is 9.18 Å². The molecule has 6 heteroatoms. The van der Waals surface area contributed by atoms with E-state index in [1.807, 2.05) is 68.9 Å². The third-order valence-corrected chi connectivity index (χ3v) is 5.97. The maximum Gasteiger partial charge on any atom is 0.229 e. The van der Waals surface area contributed by atoms with Gasteiger partial charge in [0, 0.05) is 24.7 Å². The first-order valence-electron chi connectivity index (χ1n) is 11.2. The Labute approximate surface area is 190 Å². The van der Waals surface area contributed by atoms with Crippen LogP contribution in [0.2, 0.25) is 0 Å². The second-order valence-corrected chi connectivity index (χ2v) is 9.12. The number of anilines is 1. The normalized spacial score (nSPS) is 19.2. The zero-order chi connectivity index (χ0) is 23.3. The van der Waals surface area contributed by atoms with Crippen molar-refractivity contribution in [1.82, 2.24) is 4.90 Å². The van der Waals surface area contributed by atoms with Gasteiger partial charge in [0.05, 0.1) is 6.21 Å². The van der Waals surface area contributed by atoms with Gasteiger partial charge in [0.2, 0.25) is 5.91 Å². The fraction of sp³-hybridized carbons (Fsp3) is 0.462. The molecular weight excluding hydrogens is 405 g/mol. The summed E-state index contributed by atoms with van der Waals surface area (Å²) < 4.78 is 14.2. The number of carbonyl (C=O) groups is 1. The van der Waals surface area contributed by atoms with Gasteiger partial charge in [-0.05, 0) is 87.2 Å². The molecule has 1 amide bonds. The number of nitrogens with zero attached hydrogens (tertiary/aromatic N) is 3. The first-order chi connectivity index (χ1) is 15.3. The Morgan fingerprint density at radius 3 is 2.56 bits per heavy atom. The Morgan fingerprint density at radius 2 is 1.91 bits per heavy atom. The molecule has 5 nitrogen and oxygen atoms in total. The van der Waals surface area contributed by atoms with Crippen LogP contribution < -0.4 is 4.90 Å². The molecule has 0 aliphatic carbocycles. The highest BCUT2D eigenvalue weighted by atomic mass is 19.1. The van der Waals surface area contributed by atoms with E-state index in [0.29, 0.717) is 25.1 Å². The third-order valence-electron chi connectivity index (χ3n) is 5.97. The Kier molecular flexibility index (Phi) is 8.02. The SMILES string of the molecule is Cc1cc(/C=N/OCCN(C)C)cc(C)c1N1CC(Cc2ccccc2F)CC(C)C1=O. The van der Waals surface area contributed by atoms with Crippen LogP contribution in [0.4, 0.5) is 10.1 Å². The van der Waals surface area contributed by atoms with Crippen molar-refractivity contribution in [2.45, 2.75) is 33.6 Å². The molecule has 1 aliphatic rings. The smallest absolute Gasteiger partial charge is 0.229 e. The van der Waals surface area contributed by atoms with Gasteiger partial charge in [-0.25, -0.2) is 4.39 Å². The minimum Gasteiger partial charge on any atom is -0.394 e. The second-order valence-electron chi connectivity index (χ2n) is 9.12. The summed E-state index contributed by atoms with van der Waals surface area (Å²) in [6, 6.07) is 11.0. The highest BCUT2D eigenvalue weighted by molar-refractivity contribution is 5.97. The standard InChI is InChI=1S/C26H34FN3O2/c1-18-12-21(16-28-32-11-10-29(4)5)13-19(2)25(18)30-17-22(14-20(3)26(30)31)15-23-8-6-7-9-24(23)27/h6-9,12-13,16,20,22H,10-11,14-15,17H2,1-5H3/b28-16+. The molecule has 2 atom stereocenters. The molecule has 0 spiro atoms. The Morgan fingerprint density at radius 1 is 1.22 bits per heavy atom. The van der Waals surface area contributed by atoms with Gasteiger partial charge in [-0.1, -0.05) is 30.3 Å². The predicted molar refractivity (Wildman–Crippen MR) is 128 cm³/mol. The van der Waals surface area contributed by atoms with Crippen LogP contribution in [0.1, 0.15) is 35.6 Å². The van der Waals surface area contributed by atoms with E-state index >= 15 is 0 Å². The summed E-state index contributed by atoms with van der Waals surface area (Å²) in [4.78, 5) is 22.3. The largest absolute Gasteiger partial charge is 0.394 e. The molecule has 0 radical (unpaired) electrons. The van der Waals surface area contributed by atoms with Crippen LogP contribution in [0.25, 0.3) is 0 Å². The number of halogens is 1. The lowest BCUT2D eigenvalue weighted by atomic mass is 9.84. The van der Waals surface area contributed by atoms with Gasteiger partial charge >= 0.3 is 0 Å². The topological polar surface area (TPSA) is 45.1 Å². The first kappa shape index (κ1) is 23.9. The fourth-order valence-corrected chi connectivity index (χ4v) is 4.48. The zero-order valence-electron chi connectivity index (χ0n) is 19.8. The van der Waals surface area contributed by atoms with Crippen molar-refractivity contribution in [2.24, 2.45) is 17.0 Å². The molecule has 2 unspecified atom stereocenters. The van der Waals surface area contributed by atoms with Crippen molar-refractivity contribution in [3.8, 4) is 0 Å². The second kappa shape index (κ2) is 10.7. The number of aryl methyl sites for hydroxylation is 2. The van der Waals surface area contributed by atoms with E-state index in [0.717, 1.165) is 35.3 Å². The van der Waals surface area contributed by atoms with Crippen molar-refractivity contribution in [3.63, 3.8) is 0 Å². The summed E-state index contributed by atoms with van der Waals surface area (Å²) in [6.07, 6.45) is 3.12. The number of hydrogen-bond acceptors (Lipinski definition) is 4. The van der Waals surface area contributed by atoms with Crippen molar-refractivity contribution >= 4 is 17.8 Å². The summed E-state index contributed by atoms with van der Waals surface area (Å²) >= 11 is 0. The van der Waals surface area contributed by atoms with E-state index in [4.69, 9.17) is 4.84 Å². The molecular formula is C26H34FN3O2. The summed E-state index contributed by atoms with van der Waals surface area (Å²) in [5.74, 6) is 0.0808. The highest BCUT2D eigenvalue weighted by Gasteiger charge is 2.34. The molecule has 1 fully saturated rings. The lowest BCUT2D eigenvalue weighted by Crippen LogP contribution is -2.46. The van der Waals surface area contributed by atoms with Crippen LogP contribution in [0.5, 0.6) is 0 Å². The number of piperidine rings is 1. The number of amides is 1. The first-order valence-corrected chi connectivity index (χ1v) is 11.2. The van der Waals surface area contributed by atoms with Crippen LogP contribution in [-0.4, -0.2) is 50.8 Å². The van der Waals surface area contributed by atoms with Crippen molar-refractivity contribution in [2.75, 3.05) is 38.7 Å². The summed E-state index contributed by atoms with van der Waals surface area (Å²) in [7, 11) is 3.98. The number of carbonyl (C=O) groups excluding carboxylic acids is 1. The highest BCUT2D eigenvalue weighted by Crippen LogP contribution is 2.34. The predicted octanol–water partition coefficient (Wildman–Crippen LogP) is 4.59. The quantitative estimate of drug-likeness (QED) is 0.343. The van der Waals surface area contributed by atoms with Gasteiger partial charge in [-0.15, -0.1) is 0 Å². The molecule has 0 bridgehead atoms. The Balaban J connectivity index is 1.76. The van der Waals surface area contributed by atoms with Crippen LogP contribution in [0, 0.1) is 31.5 Å². The van der Waals surface area contributed by atoms with Gasteiger partial charge < -0.3 is 14.6 Å².